The first-order valence-corrected chi connectivity index (χ1v) is 6.23. The SMILES string of the molecule is COc1cn2cc(C(=O)OCCO)[c]c2c(OC)c1C(=O)O. The number of carboxylic acid groups (broad SMARTS) is 1. The Bertz CT molecular complexity index is 720. The summed E-state index contributed by atoms with van der Waals surface area (Å²) in [6.07, 6.45) is 2.81. The lowest BCUT2D eigenvalue weighted by Crippen LogP contribution is -2.07. The summed E-state index contributed by atoms with van der Waals surface area (Å²) in [5, 5.41) is 18.0. The Balaban J connectivity index is 2.61. The van der Waals surface area contributed by atoms with E-state index in [2.05, 4.69) is 6.07 Å². The first-order chi connectivity index (χ1) is 10.5. The van der Waals surface area contributed by atoms with Crippen molar-refractivity contribution in [1.29, 1.82) is 0 Å². The fraction of sp³-hybridized carbons (Fsp3) is 0.286. The van der Waals surface area contributed by atoms with Crippen LogP contribution in [0.3, 0.4) is 0 Å². The monoisotopic (exact) mass is 308 g/mol. The summed E-state index contributed by atoms with van der Waals surface area (Å²) in [5.74, 6) is -1.81. The molecule has 2 heterocycles. The number of esters is 1. The normalized spacial score (nSPS) is 10.5. The van der Waals surface area contributed by atoms with Gasteiger partial charge in [0.1, 0.15) is 12.2 Å². The van der Waals surface area contributed by atoms with Gasteiger partial charge in [-0.15, -0.1) is 0 Å². The van der Waals surface area contributed by atoms with E-state index in [0.29, 0.717) is 0 Å². The molecule has 22 heavy (non-hydrogen) atoms. The minimum atomic E-state index is -1.23. The van der Waals surface area contributed by atoms with Gasteiger partial charge in [0.25, 0.3) is 0 Å². The third-order valence-corrected chi connectivity index (χ3v) is 2.91. The number of rotatable bonds is 6. The highest BCUT2D eigenvalue weighted by molar-refractivity contribution is 5.98. The van der Waals surface area contributed by atoms with Gasteiger partial charge in [-0.3, -0.25) is 0 Å². The predicted octanol–water partition coefficient (Wildman–Crippen LogP) is 0.604. The Morgan fingerprint density at radius 1 is 1.27 bits per heavy atom. The second-order valence-corrected chi connectivity index (χ2v) is 4.19. The van der Waals surface area contributed by atoms with Crippen molar-refractivity contribution in [2.24, 2.45) is 0 Å². The molecule has 0 unspecified atom stereocenters. The van der Waals surface area contributed by atoms with Crippen molar-refractivity contribution < 1.29 is 34.0 Å². The lowest BCUT2D eigenvalue weighted by atomic mass is 10.2. The molecule has 0 saturated heterocycles. The molecule has 0 saturated carbocycles. The average molecular weight is 308 g/mol. The van der Waals surface area contributed by atoms with Crippen LogP contribution in [0.1, 0.15) is 20.7 Å². The van der Waals surface area contributed by atoms with E-state index in [1.165, 1.54) is 31.0 Å². The number of methoxy groups -OCH3 is 2. The molecule has 0 aliphatic carbocycles. The van der Waals surface area contributed by atoms with Crippen LogP contribution in [0.5, 0.6) is 11.5 Å². The first kappa shape index (κ1) is 15.6. The maximum atomic E-state index is 11.8. The molecule has 0 aliphatic rings. The van der Waals surface area contributed by atoms with Gasteiger partial charge < -0.3 is 28.8 Å². The quantitative estimate of drug-likeness (QED) is 0.753. The Morgan fingerprint density at radius 3 is 2.55 bits per heavy atom. The summed E-state index contributed by atoms with van der Waals surface area (Å²) >= 11 is 0. The van der Waals surface area contributed by atoms with E-state index >= 15 is 0 Å². The maximum Gasteiger partial charge on any atom is 0.343 e. The number of ether oxygens (including phenoxy) is 3. The minimum absolute atomic E-state index is 0.0214. The number of carboxylic acids is 1. The van der Waals surface area contributed by atoms with Gasteiger partial charge in [0.05, 0.1) is 38.1 Å². The van der Waals surface area contributed by atoms with E-state index in [9.17, 15) is 14.7 Å². The topological polar surface area (TPSA) is 107 Å². The molecule has 0 amide bonds. The van der Waals surface area contributed by atoms with Crippen molar-refractivity contribution >= 4 is 17.5 Å². The minimum Gasteiger partial charge on any atom is -0.494 e. The highest BCUT2D eigenvalue weighted by Crippen LogP contribution is 2.33. The van der Waals surface area contributed by atoms with Crippen LogP contribution in [0.2, 0.25) is 0 Å². The molecule has 0 aliphatic heterocycles. The third-order valence-electron chi connectivity index (χ3n) is 2.91. The van der Waals surface area contributed by atoms with Crippen molar-refractivity contribution in [2.75, 3.05) is 27.4 Å². The van der Waals surface area contributed by atoms with Gasteiger partial charge in [0.2, 0.25) is 0 Å². The largest absolute Gasteiger partial charge is 0.494 e. The number of aromatic nitrogens is 1. The molecule has 8 heteroatoms. The number of hydrogen-bond donors (Lipinski definition) is 2. The molecule has 2 rings (SSSR count). The zero-order valence-electron chi connectivity index (χ0n) is 12.0. The van der Waals surface area contributed by atoms with Crippen molar-refractivity contribution in [2.45, 2.75) is 0 Å². The molecular formula is C14H14NO7. The smallest absolute Gasteiger partial charge is 0.343 e. The second kappa shape index (κ2) is 6.35. The summed E-state index contributed by atoms with van der Waals surface area (Å²) < 4.78 is 16.4. The molecule has 1 radical (unpaired) electrons. The van der Waals surface area contributed by atoms with Gasteiger partial charge in [0.15, 0.2) is 11.5 Å². The third kappa shape index (κ3) is 2.68. The van der Waals surface area contributed by atoms with Crippen LogP contribution in [0.25, 0.3) is 5.52 Å². The molecule has 8 nitrogen and oxygen atoms in total. The molecule has 117 valence electrons. The van der Waals surface area contributed by atoms with Gasteiger partial charge in [-0.25, -0.2) is 9.59 Å². The number of nitrogens with zero attached hydrogens (tertiary/aromatic N) is 1. The van der Waals surface area contributed by atoms with E-state index in [4.69, 9.17) is 19.3 Å². The zero-order chi connectivity index (χ0) is 16.3. The first-order valence-electron chi connectivity index (χ1n) is 6.23. The molecule has 0 fully saturated rings. The standard InChI is InChI=1S/C14H14NO7/c1-20-10-7-15-6-8(14(19)22-4-3-16)5-9(15)12(21-2)11(10)13(17)18/h6-7,16H,3-4H2,1-2H3,(H,17,18). The molecule has 0 bridgehead atoms. The number of hydrogen-bond acceptors (Lipinski definition) is 6. The van der Waals surface area contributed by atoms with Gasteiger partial charge in [0, 0.05) is 12.3 Å². The number of aliphatic hydroxyl groups is 1. The summed E-state index contributed by atoms with van der Waals surface area (Å²) in [6, 6.07) is 2.73. The highest BCUT2D eigenvalue weighted by atomic mass is 16.5. The van der Waals surface area contributed by atoms with Crippen LogP contribution < -0.4 is 9.47 Å². The van der Waals surface area contributed by atoms with Crippen molar-refractivity contribution in [3.63, 3.8) is 0 Å². The van der Waals surface area contributed by atoms with Crippen LogP contribution in [0, 0.1) is 6.07 Å². The average Bonchev–Trinajstić information content (AvgIpc) is 2.93. The van der Waals surface area contributed by atoms with Crippen LogP contribution in [0.4, 0.5) is 0 Å². The Kier molecular flexibility index (Phi) is 4.52. The van der Waals surface area contributed by atoms with Crippen LogP contribution >= 0.6 is 0 Å². The van der Waals surface area contributed by atoms with E-state index in [1.54, 1.807) is 0 Å². The van der Waals surface area contributed by atoms with Crippen LogP contribution in [-0.2, 0) is 4.74 Å². The van der Waals surface area contributed by atoms with E-state index in [1.807, 2.05) is 0 Å². The molecule has 0 aromatic carbocycles. The molecule has 2 N–H and O–H groups in total. The van der Waals surface area contributed by atoms with Gasteiger partial charge >= 0.3 is 11.9 Å². The number of carbonyl (C=O) groups excluding carboxylic acids is 1. The number of aromatic carboxylic acids is 1. The number of carbonyl (C=O) groups is 2. The molecule has 0 atom stereocenters. The summed E-state index contributed by atoms with van der Waals surface area (Å²) in [6.45, 7) is -0.431. The van der Waals surface area contributed by atoms with Crippen molar-refractivity contribution in [3.8, 4) is 11.5 Å². The van der Waals surface area contributed by atoms with Gasteiger partial charge in [-0.1, -0.05) is 0 Å². The van der Waals surface area contributed by atoms with E-state index in [-0.39, 0.29) is 41.4 Å². The predicted molar refractivity (Wildman–Crippen MR) is 73.7 cm³/mol. The van der Waals surface area contributed by atoms with E-state index in [0.717, 1.165) is 0 Å². The maximum absolute atomic E-state index is 11.8. The van der Waals surface area contributed by atoms with Gasteiger partial charge in [-0.2, -0.15) is 0 Å². The summed E-state index contributed by atoms with van der Waals surface area (Å²) in [4.78, 5) is 23.2. The lowest BCUT2D eigenvalue weighted by molar-refractivity contribution is 0.0433. The summed E-state index contributed by atoms with van der Waals surface area (Å²) in [7, 11) is 2.64. The Labute approximate surface area is 125 Å². The fourth-order valence-corrected chi connectivity index (χ4v) is 2.00. The van der Waals surface area contributed by atoms with Crippen LogP contribution in [0.15, 0.2) is 12.4 Å². The van der Waals surface area contributed by atoms with Crippen LogP contribution in [-0.4, -0.2) is 54.0 Å². The molecular weight excluding hydrogens is 294 g/mol. The molecule has 2 aromatic heterocycles. The Morgan fingerprint density at radius 2 is 2.00 bits per heavy atom. The zero-order valence-corrected chi connectivity index (χ0v) is 12.0. The van der Waals surface area contributed by atoms with Crippen molar-refractivity contribution in [1.82, 2.24) is 4.40 Å². The van der Waals surface area contributed by atoms with E-state index < -0.39 is 11.9 Å². The fourth-order valence-electron chi connectivity index (χ4n) is 2.00. The lowest BCUT2D eigenvalue weighted by Gasteiger charge is -2.11. The Hall–Kier alpha value is -2.74. The summed E-state index contributed by atoms with van der Waals surface area (Å²) in [5.41, 5.74) is 0.176. The van der Waals surface area contributed by atoms with Crippen molar-refractivity contribution in [3.05, 3.63) is 29.6 Å². The number of pyridine rings is 1. The molecule has 0 spiro atoms. The molecule has 2 aromatic rings. The highest BCUT2D eigenvalue weighted by Gasteiger charge is 2.23. The number of fused-ring (bicyclic) bond motifs is 1. The van der Waals surface area contributed by atoms with Gasteiger partial charge in [-0.05, 0) is 0 Å². The second-order valence-electron chi connectivity index (χ2n) is 4.19. The number of aliphatic hydroxyl groups excluding tert-OH is 1.